The number of hydrogen-bond donors (Lipinski definition) is 1. The van der Waals surface area contributed by atoms with Crippen LogP contribution < -0.4 is 5.73 Å². The first-order valence-electron chi connectivity index (χ1n) is 7.68. The Hall–Kier alpha value is -2.01. The number of likely N-dealkylation sites (tertiary alicyclic amines) is 1. The van der Waals surface area contributed by atoms with Crippen molar-refractivity contribution in [1.29, 1.82) is 0 Å². The van der Waals surface area contributed by atoms with Crippen LogP contribution in [0, 0.1) is 12.7 Å². The minimum atomic E-state index is -0.322. The maximum absolute atomic E-state index is 13.3. The van der Waals surface area contributed by atoms with E-state index in [1.165, 1.54) is 12.1 Å². The molecule has 1 amide bonds. The van der Waals surface area contributed by atoms with Gasteiger partial charge in [-0.3, -0.25) is 9.78 Å². The van der Waals surface area contributed by atoms with E-state index in [0.29, 0.717) is 23.3 Å². The Kier molecular flexibility index (Phi) is 4.07. The molecule has 2 aromatic rings. The van der Waals surface area contributed by atoms with Gasteiger partial charge in [0.2, 0.25) is 0 Å². The molecule has 1 aliphatic rings. The molecule has 0 radical (unpaired) electrons. The Bertz CT molecular complexity index is 716. The number of halogens is 1. The molecule has 0 aliphatic carbocycles. The number of nitrogens with zero attached hydrogens (tertiary/aromatic N) is 2. The van der Waals surface area contributed by atoms with E-state index in [0.717, 1.165) is 31.2 Å². The second-order valence-electron chi connectivity index (χ2n) is 5.84. The first-order chi connectivity index (χ1) is 10.6. The molecule has 4 nitrogen and oxygen atoms in total. The Labute approximate surface area is 129 Å². The van der Waals surface area contributed by atoms with Gasteiger partial charge in [-0.2, -0.15) is 0 Å². The fourth-order valence-electron chi connectivity index (χ4n) is 3.12. The minimum Gasteiger partial charge on any atom is -0.334 e. The predicted molar refractivity (Wildman–Crippen MR) is 84.2 cm³/mol. The van der Waals surface area contributed by atoms with E-state index in [-0.39, 0.29) is 17.8 Å². The van der Waals surface area contributed by atoms with E-state index in [1.807, 2.05) is 11.0 Å². The number of nitrogens with two attached hydrogens (primary N) is 1. The highest BCUT2D eigenvalue weighted by atomic mass is 19.1. The molecule has 0 spiro atoms. The van der Waals surface area contributed by atoms with Gasteiger partial charge in [0.15, 0.2) is 0 Å². The number of rotatable bonds is 2. The number of piperidine rings is 1. The summed E-state index contributed by atoms with van der Waals surface area (Å²) < 4.78 is 13.3. The summed E-state index contributed by atoms with van der Waals surface area (Å²) in [7, 11) is 0. The van der Waals surface area contributed by atoms with Gasteiger partial charge >= 0.3 is 0 Å². The number of aromatic nitrogens is 1. The third-order valence-corrected chi connectivity index (χ3v) is 4.36. The summed E-state index contributed by atoms with van der Waals surface area (Å²) in [4.78, 5) is 19.1. The van der Waals surface area contributed by atoms with Crippen LogP contribution in [0.1, 0.15) is 35.3 Å². The zero-order valence-electron chi connectivity index (χ0n) is 12.7. The molecular formula is C17H20FN3O. The Balaban J connectivity index is 1.99. The van der Waals surface area contributed by atoms with Gasteiger partial charge in [0.05, 0.1) is 16.8 Å². The topological polar surface area (TPSA) is 59.2 Å². The third-order valence-electron chi connectivity index (χ3n) is 4.36. The molecule has 1 saturated heterocycles. The summed E-state index contributed by atoms with van der Waals surface area (Å²) >= 11 is 0. The van der Waals surface area contributed by atoms with Crippen LogP contribution in [0.15, 0.2) is 24.3 Å². The third kappa shape index (κ3) is 2.68. The molecule has 1 aromatic carbocycles. The van der Waals surface area contributed by atoms with Crippen LogP contribution in [0.2, 0.25) is 0 Å². The van der Waals surface area contributed by atoms with Crippen LogP contribution in [0.3, 0.4) is 0 Å². The molecule has 1 atom stereocenters. The quantitative estimate of drug-likeness (QED) is 0.927. The number of pyridine rings is 1. The van der Waals surface area contributed by atoms with Crippen LogP contribution in [0.5, 0.6) is 0 Å². The normalized spacial score (nSPS) is 18.7. The summed E-state index contributed by atoms with van der Waals surface area (Å²) in [6.45, 7) is 3.01. The van der Waals surface area contributed by atoms with Gasteiger partial charge in [-0.1, -0.05) is 0 Å². The Morgan fingerprint density at radius 3 is 3.00 bits per heavy atom. The average molecular weight is 301 g/mol. The van der Waals surface area contributed by atoms with Gasteiger partial charge in [0, 0.05) is 30.6 Å². The van der Waals surface area contributed by atoms with Crippen molar-refractivity contribution in [2.45, 2.75) is 32.2 Å². The SMILES string of the molecule is Cc1nc2cc(F)ccc2cc1C(=O)N1CCCCC1CN. The lowest BCUT2D eigenvalue weighted by Gasteiger charge is -2.35. The number of fused-ring (bicyclic) bond motifs is 1. The van der Waals surface area contributed by atoms with Gasteiger partial charge in [0.1, 0.15) is 5.82 Å². The maximum atomic E-state index is 13.3. The molecule has 1 fully saturated rings. The second-order valence-corrected chi connectivity index (χ2v) is 5.84. The summed E-state index contributed by atoms with van der Waals surface area (Å²) in [6, 6.07) is 6.34. The number of aryl methyl sites for hydroxylation is 1. The van der Waals surface area contributed by atoms with E-state index < -0.39 is 0 Å². The van der Waals surface area contributed by atoms with Crippen LogP contribution >= 0.6 is 0 Å². The van der Waals surface area contributed by atoms with Gasteiger partial charge < -0.3 is 10.6 Å². The lowest BCUT2D eigenvalue weighted by atomic mass is 10.00. The van der Waals surface area contributed by atoms with Crippen molar-refractivity contribution >= 4 is 16.8 Å². The van der Waals surface area contributed by atoms with Crippen LogP contribution in [-0.4, -0.2) is 34.9 Å². The number of carbonyl (C=O) groups is 1. The van der Waals surface area contributed by atoms with Crippen molar-refractivity contribution in [2.24, 2.45) is 5.73 Å². The van der Waals surface area contributed by atoms with Crippen LogP contribution in [-0.2, 0) is 0 Å². The molecular weight excluding hydrogens is 281 g/mol. The largest absolute Gasteiger partial charge is 0.334 e. The first kappa shape index (κ1) is 14.9. The average Bonchev–Trinajstić information content (AvgIpc) is 2.53. The van der Waals surface area contributed by atoms with Crippen molar-refractivity contribution in [2.75, 3.05) is 13.1 Å². The predicted octanol–water partition coefficient (Wildman–Crippen LogP) is 2.64. The van der Waals surface area contributed by atoms with Gasteiger partial charge in [0.25, 0.3) is 5.91 Å². The highest BCUT2D eigenvalue weighted by Gasteiger charge is 2.27. The summed E-state index contributed by atoms with van der Waals surface area (Å²) in [5, 5.41) is 0.775. The fourth-order valence-corrected chi connectivity index (χ4v) is 3.12. The molecule has 1 unspecified atom stereocenters. The van der Waals surface area contributed by atoms with Crippen molar-refractivity contribution < 1.29 is 9.18 Å². The van der Waals surface area contributed by atoms with Crippen molar-refractivity contribution in [3.8, 4) is 0 Å². The monoisotopic (exact) mass is 301 g/mol. The number of carbonyl (C=O) groups excluding carboxylic acids is 1. The first-order valence-corrected chi connectivity index (χ1v) is 7.68. The standard InChI is InChI=1S/C17H20FN3O/c1-11-15(8-12-5-6-13(18)9-16(12)20-11)17(22)21-7-3-2-4-14(21)10-19/h5-6,8-9,14H,2-4,7,10,19H2,1H3. The summed E-state index contributed by atoms with van der Waals surface area (Å²) in [5.41, 5.74) is 7.59. The molecule has 2 heterocycles. The number of amides is 1. The van der Waals surface area contributed by atoms with Crippen molar-refractivity contribution in [3.05, 3.63) is 41.3 Å². The number of hydrogen-bond acceptors (Lipinski definition) is 3. The smallest absolute Gasteiger partial charge is 0.256 e. The molecule has 2 N–H and O–H groups in total. The fraction of sp³-hybridized carbons (Fsp3) is 0.412. The van der Waals surface area contributed by atoms with Crippen molar-refractivity contribution in [1.82, 2.24) is 9.88 Å². The zero-order chi connectivity index (χ0) is 15.7. The zero-order valence-corrected chi connectivity index (χ0v) is 12.7. The highest BCUT2D eigenvalue weighted by molar-refractivity contribution is 5.98. The maximum Gasteiger partial charge on any atom is 0.256 e. The van der Waals surface area contributed by atoms with Crippen molar-refractivity contribution in [3.63, 3.8) is 0 Å². The second kappa shape index (κ2) is 6.01. The lowest BCUT2D eigenvalue weighted by Crippen LogP contribution is -2.47. The molecule has 1 aliphatic heterocycles. The molecule has 5 heteroatoms. The van der Waals surface area contributed by atoms with Gasteiger partial charge in [-0.15, -0.1) is 0 Å². The van der Waals surface area contributed by atoms with Crippen LogP contribution in [0.4, 0.5) is 4.39 Å². The molecule has 22 heavy (non-hydrogen) atoms. The summed E-state index contributed by atoms with van der Waals surface area (Å²) in [6.07, 6.45) is 3.07. The van der Waals surface area contributed by atoms with E-state index in [1.54, 1.807) is 13.0 Å². The molecule has 3 rings (SSSR count). The highest BCUT2D eigenvalue weighted by Crippen LogP contribution is 2.23. The molecule has 0 saturated carbocycles. The van der Waals surface area contributed by atoms with Crippen LogP contribution in [0.25, 0.3) is 10.9 Å². The number of benzene rings is 1. The Morgan fingerprint density at radius 1 is 1.41 bits per heavy atom. The van der Waals surface area contributed by atoms with E-state index in [4.69, 9.17) is 5.73 Å². The van der Waals surface area contributed by atoms with E-state index in [9.17, 15) is 9.18 Å². The van der Waals surface area contributed by atoms with E-state index in [2.05, 4.69) is 4.98 Å². The van der Waals surface area contributed by atoms with Gasteiger partial charge in [-0.05, 0) is 44.4 Å². The lowest BCUT2D eigenvalue weighted by molar-refractivity contribution is 0.0622. The minimum absolute atomic E-state index is 0.0219. The molecule has 1 aromatic heterocycles. The molecule has 0 bridgehead atoms. The van der Waals surface area contributed by atoms with E-state index >= 15 is 0 Å². The Morgan fingerprint density at radius 2 is 2.23 bits per heavy atom. The van der Waals surface area contributed by atoms with Gasteiger partial charge in [-0.25, -0.2) is 4.39 Å². The molecule has 116 valence electrons. The summed E-state index contributed by atoms with van der Waals surface area (Å²) in [5.74, 6) is -0.343.